The summed E-state index contributed by atoms with van der Waals surface area (Å²) < 4.78 is 5.71. The van der Waals surface area contributed by atoms with Gasteiger partial charge in [-0.1, -0.05) is 32.0 Å². The number of nitrogens with zero attached hydrogens (tertiary/aromatic N) is 2. The summed E-state index contributed by atoms with van der Waals surface area (Å²) in [4.78, 5) is 18.7. The molecule has 0 saturated carbocycles. The lowest BCUT2D eigenvalue weighted by Crippen LogP contribution is -2.39. The third-order valence-electron chi connectivity index (χ3n) is 3.44. The number of carbonyl (C=O) groups excluding carboxylic acids is 1. The van der Waals surface area contributed by atoms with Crippen molar-refractivity contribution in [3.05, 3.63) is 46.4 Å². The third kappa shape index (κ3) is 5.06. The zero-order chi connectivity index (χ0) is 16.8. The van der Waals surface area contributed by atoms with Gasteiger partial charge in [0.25, 0.3) is 0 Å². The van der Waals surface area contributed by atoms with E-state index in [4.69, 9.17) is 4.74 Å². The fourth-order valence-electron chi connectivity index (χ4n) is 2.17. The Labute approximate surface area is 142 Å². The van der Waals surface area contributed by atoms with E-state index in [1.54, 1.807) is 11.3 Å². The first-order valence-corrected chi connectivity index (χ1v) is 8.77. The van der Waals surface area contributed by atoms with Crippen LogP contribution in [0.2, 0.25) is 0 Å². The van der Waals surface area contributed by atoms with Gasteiger partial charge in [0, 0.05) is 17.3 Å². The largest absolute Gasteiger partial charge is 0.486 e. The minimum Gasteiger partial charge on any atom is -0.486 e. The lowest BCUT2D eigenvalue weighted by molar-refractivity contribution is -0.136. The van der Waals surface area contributed by atoms with E-state index in [2.05, 4.69) is 4.98 Å². The quantitative estimate of drug-likeness (QED) is 0.766. The number of thiazole rings is 1. The Morgan fingerprint density at radius 3 is 2.52 bits per heavy atom. The summed E-state index contributed by atoms with van der Waals surface area (Å²) in [6, 6.07) is 9.87. The second-order valence-electron chi connectivity index (χ2n) is 6.05. The lowest BCUT2D eigenvalue weighted by atomic mass is 10.1. The highest BCUT2D eigenvalue weighted by atomic mass is 32.1. The van der Waals surface area contributed by atoms with Gasteiger partial charge in [0.05, 0.1) is 12.2 Å². The number of hydrogen-bond donors (Lipinski definition) is 0. The van der Waals surface area contributed by atoms with Gasteiger partial charge < -0.3 is 9.64 Å². The number of carbonyl (C=O) groups is 1. The van der Waals surface area contributed by atoms with Crippen LogP contribution in [0.25, 0.3) is 0 Å². The molecule has 1 aromatic carbocycles. The number of aromatic nitrogens is 1. The lowest BCUT2D eigenvalue weighted by Gasteiger charge is -2.27. The number of rotatable bonds is 7. The van der Waals surface area contributed by atoms with E-state index in [1.165, 1.54) is 0 Å². The zero-order valence-corrected chi connectivity index (χ0v) is 15.0. The van der Waals surface area contributed by atoms with Crippen LogP contribution >= 0.6 is 11.3 Å². The first-order valence-electron chi connectivity index (χ1n) is 7.89. The molecule has 0 fully saturated rings. The monoisotopic (exact) mass is 332 g/mol. The summed E-state index contributed by atoms with van der Waals surface area (Å²) >= 11 is 1.57. The molecule has 0 N–H and O–H groups in total. The van der Waals surface area contributed by atoms with Gasteiger partial charge in [0.2, 0.25) is 5.91 Å². The molecular formula is C18H24N2O2S. The number of hydrogen-bond acceptors (Lipinski definition) is 4. The zero-order valence-electron chi connectivity index (χ0n) is 14.2. The molecule has 0 aliphatic heterocycles. The van der Waals surface area contributed by atoms with Crippen LogP contribution in [0, 0.1) is 5.92 Å². The molecule has 0 aliphatic carbocycles. The van der Waals surface area contributed by atoms with Crippen molar-refractivity contribution in [1.82, 2.24) is 9.88 Å². The Morgan fingerprint density at radius 2 is 1.91 bits per heavy atom. The van der Waals surface area contributed by atoms with Crippen LogP contribution in [0.1, 0.15) is 38.4 Å². The molecule has 2 aromatic rings. The van der Waals surface area contributed by atoms with Gasteiger partial charge in [-0.05, 0) is 26.0 Å². The van der Waals surface area contributed by atoms with Gasteiger partial charge in [-0.3, -0.25) is 4.79 Å². The van der Waals surface area contributed by atoms with Crippen molar-refractivity contribution in [1.29, 1.82) is 0 Å². The Balaban J connectivity index is 1.96. The molecule has 1 aromatic heterocycles. The van der Waals surface area contributed by atoms with Crippen molar-refractivity contribution < 1.29 is 9.53 Å². The fraction of sp³-hybridized carbons (Fsp3) is 0.444. The Bertz CT molecular complexity index is 623. The summed E-state index contributed by atoms with van der Waals surface area (Å²) in [6.45, 7) is 8.93. The van der Waals surface area contributed by atoms with Gasteiger partial charge in [-0.2, -0.15) is 0 Å². The van der Waals surface area contributed by atoms with E-state index in [9.17, 15) is 4.79 Å². The molecule has 4 nitrogen and oxygen atoms in total. The maximum atomic E-state index is 12.3. The second-order valence-corrected chi connectivity index (χ2v) is 6.99. The van der Waals surface area contributed by atoms with Crippen molar-refractivity contribution in [2.75, 3.05) is 0 Å². The van der Waals surface area contributed by atoms with Gasteiger partial charge >= 0.3 is 0 Å². The highest BCUT2D eigenvalue weighted by molar-refractivity contribution is 7.09. The summed E-state index contributed by atoms with van der Waals surface area (Å²) in [6.07, 6.45) is 0. The number of para-hydroxylation sites is 1. The number of benzene rings is 1. The van der Waals surface area contributed by atoms with Crippen LogP contribution in [0.4, 0.5) is 0 Å². The molecule has 0 aliphatic rings. The summed E-state index contributed by atoms with van der Waals surface area (Å²) in [7, 11) is 0. The Kier molecular flexibility index (Phi) is 6.16. The van der Waals surface area contributed by atoms with Gasteiger partial charge in [-0.25, -0.2) is 4.98 Å². The van der Waals surface area contributed by atoms with E-state index in [0.717, 1.165) is 16.5 Å². The molecule has 1 heterocycles. The molecule has 2 rings (SSSR count). The fourth-order valence-corrected chi connectivity index (χ4v) is 2.87. The van der Waals surface area contributed by atoms with Crippen LogP contribution in [-0.4, -0.2) is 21.8 Å². The van der Waals surface area contributed by atoms with Crippen molar-refractivity contribution in [2.45, 2.75) is 46.9 Å². The predicted octanol–water partition coefficient (Wildman–Crippen LogP) is 4.12. The highest BCUT2D eigenvalue weighted by Gasteiger charge is 2.21. The van der Waals surface area contributed by atoms with E-state index in [1.807, 2.05) is 68.3 Å². The minimum atomic E-state index is -0.00285. The summed E-state index contributed by atoms with van der Waals surface area (Å²) in [5, 5.41) is 2.93. The van der Waals surface area contributed by atoms with Crippen molar-refractivity contribution >= 4 is 17.2 Å². The van der Waals surface area contributed by atoms with Gasteiger partial charge in [0.15, 0.2) is 0 Å². The maximum Gasteiger partial charge on any atom is 0.225 e. The van der Waals surface area contributed by atoms with Crippen molar-refractivity contribution in [3.8, 4) is 5.75 Å². The molecule has 5 heteroatoms. The molecule has 0 bridgehead atoms. The molecule has 1 amide bonds. The summed E-state index contributed by atoms with van der Waals surface area (Å²) in [5.41, 5.74) is 0.921. The van der Waals surface area contributed by atoms with Crippen LogP contribution in [0.15, 0.2) is 35.7 Å². The highest BCUT2D eigenvalue weighted by Crippen LogP contribution is 2.17. The maximum absolute atomic E-state index is 12.3. The first kappa shape index (κ1) is 17.5. The third-order valence-corrected chi connectivity index (χ3v) is 4.31. The van der Waals surface area contributed by atoms with Gasteiger partial charge in [-0.15, -0.1) is 11.3 Å². The average molecular weight is 332 g/mol. The number of ether oxygens (including phenoxy) is 1. The van der Waals surface area contributed by atoms with E-state index >= 15 is 0 Å². The van der Waals surface area contributed by atoms with Gasteiger partial charge in [0.1, 0.15) is 17.4 Å². The average Bonchev–Trinajstić information content (AvgIpc) is 2.98. The standard InChI is InChI=1S/C18H24N2O2S/c1-13(2)18(21)20(14(3)4)10-15-12-23-17(19-15)11-22-16-8-6-5-7-9-16/h5-9,12-14H,10-11H2,1-4H3. The molecule has 0 saturated heterocycles. The molecule has 0 atom stereocenters. The van der Waals surface area contributed by atoms with E-state index in [-0.39, 0.29) is 17.9 Å². The van der Waals surface area contributed by atoms with Crippen molar-refractivity contribution in [3.63, 3.8) is 0 Å². The SMILES string of the molecule is CC(C)C(=O)N(Cc1csc(COc2ccccc2)n1)C(C)C. The smallest absolute Gasteiger partial charge is 0.225 e. The first-order chi connectivity index (χ1) is 11.0. The molecule has 0 radical (unpaired) electrons. The minimum absolute atomic E-state index is 0.00285. The Morgan fingerprint density at radius 1 is 1.22 bits per heavy atom. The molecular weight excluding hydrogens is 308 g/mol. The van der Waals surface area contributed by atoms with E-state index < -0.39 is 0 Å². The molecule has 0 unspecified atom stereocenters. The van der Waals surface area contributed by atoms with Crippen molar-refractivity contribution in [2.24, 2.45) is 5.92 Å². The second kappa shape index (κ2) is 8.11. The van der Waals surface area contributed by atoms with Crippen LogP contribution < -0.4 is 4.74 Å². The Hall–Kier alpha value is -1.88. The van der Waals surface area contributed by atoms with Crippen LogP contribution in [0.3, 0.4) is 0 Å². The molecule has 23 heavy (non-hydrogen) atoms. The predicted molar refractivity (Wildman–Crippen MR) is 93.4 cm³/mol. The molecule has 124 valence electrons. The van der Waals surface area contributed by atoms with Crippen LogP contribution in [0.5, 0.6) is 5.75 Å². The van der Waals surface area contributed by atoms with E-state index in [0.29, 0.717) is 13.2 Å². The normalized spacial score (nSPS) is 11.0. The summed E-state index contributed by atoms with van der Waals surface area (Å²) in [5.74, 6) is 0.995. The topological polar surface area (TPSA) is 42.4 Å². The number of amides is 1. The molecule has 0 spiro atoms. The van der Waals surface area contributed by atoms with Crippen LogP contribution in [-0.2, 0) is 17.9 Å².